The second-order valence-electron chi connectivity index (χ2n) is 2.88. The van der Waals surface area contributed by atoms with Gasteiger partial charge in [0, 0.05) is 0 Å². The van der Waals surface area contributed by atoms with E-state index in [4.69, 9.17) is 0 Å². The van der Waals surface area contributed by atoms with Gasteiger partial charge in [-0.05, 0) is 26.7 Å². The number of aryl methyl sites for hydroxylation is 2. The predicted molar refractivity (Wildman–Crippen MR) is 37.8 cm³/mol. The van der Waals surface area contributed by atoms with E-state index in [1.807, 2.05) is 18.5 Å². The van der Waals surface area contributed by atoms with Gasteiger partial charge in [0.15, 0.2) is 0 Å². The molecule has 10 heavy (non-hydrogen) atoms. The van der Waals surface area contributed by atoms with E-state index in [0.717, 1.165) is 11.6 Å². The normalized spacial score (nSPS) is 17.8. The molecule has 0 bridgehead atoms. The zero-order valence-electron chi connectivity index (χ0n) is 6.33. The van der Waals surface area contributed by atoms with Crippen molar-refractivity contribution in [2.45, 2.75) is 32.7 Å². The van der Waals surface area contributed by atoms with Crippen LogP contribution in [0.3, 0.4) is 0 Å². The first-order valence-corrected chi connectivity index (χ1v) is 3.67. The molecule has 0 aromatic carbocycles. The maximum Gasteiger partial charge on any atom is 0.147 e. The van der Waals surface area contributed by atoms with Crippen molar-refractivity contribution >= 4 is 0 Å². The standard InChI is InChI=1S/C7H11N3/c1-5-8-6(2)10(9-5)7-3-4-7/h7H,3-4H2,1-2H3. The van der Waals surface area contributed by atoms with Crippen molar-refractivity contribution < 1.29 is 0 Å². The monoisotopic (exact) mass is 137 g/mol. The third-order valence-corrected chi connectivity index (χ3v) is 1.80. The molecule has 0 unspecified atom stereocenters. The number of hydrogen-bond acceptors (Lipinski definition) is 2. The van der Waals surface area contributed by atoms with E-state index >= 15 is 0 Å². The van der Waals surface area contributed by atoms with Crippen molar-refractivity contribution in [3.05, 3.63) is 11.6 Å². The Morgan fingerprint density at radius 3 is 2.50 bits per heavy atom. The molecule has 54 valence electrons. The Kier molecular flexibility index (Phi) is 1.07. The van der Waals surface area contributed by atoms with Crippen LogP contribution in [0.25, 0.3) is 0 Å². The first kappa shape index (κ1) is 5.89. The average Bonchev–Trinajstić information content (AvgIpc) is 2.61. The van der Waals surface area contributed by atoms with Crippen LogP contribution in [-0.2, 0) is 0 Å². The molecule has 1 heterocycles. The summed E-state index contributed by atoms with van der Waals surface area (Å²) in [6, 6.07) is 0.668. The molecule has 3 nitrogen and oxygen atoms in total. The van der Waals surface area contributed by atoms with E-state index < -0.39 is 0 Å². The molecular weight excluding hydrogens is 126 g/mol. The summed E-state index contributed by atoms with van der Waals surface area (Å²) in [7, 11) is 0. The Labute approximate surface area is 60.1 Å². The van der Waals surface area contributed by atoms with E-state index in [2.05, 4.69) is 10.1 Å². The Balaban J connectivity index is 2.38. The number of aromatic nitrogens is 3. The highest BCUT2D eigenvalue weighted by Crippen LogP contribution is 2.34. The highest BCUT2D eigenvalue weighted by atomic mass is 15.4. The molecule has 0 amide bonds. The van der Waals surface area contributed by atoms with Crippen LogP contribution in [0.4, 0.5) is 0 Å². The van der Waals surface area contributed by atoms with Gasteiger partial charge in [-0.15, -0.1) is 0 Å². The van der Waals surface area contributed by atoms with Gasteiger partial charge in [0.1, 0.15) is 11.6 Å². The molecule has 0 atom stereocenters. The lowest BCUT2D eigenvalue weighted by molar-refractivity contribution is 0.614. The van der Waals surface area contributed by atoms with Gasteiger partial charge in [0.25, 0.3) is 0 Å². The molecule has 0 aliphatic heterocycles. The third-order valence-electron chi connectivity index (χ3n) is 1.80. The zero-order valence-corrected chi connectivity index (χ0v) is 6.33. The maximum atomic E-state index is 4.28. The van der Waals surface area contributed by atoms with Gasteiger partial charge < -0.3 is 0 Å². The van der Waals surface area contributed by atoms with E-state index in [0.29, 0.717) is 6.04 Å². The van der Waals surface area contributed by atoms with Crippen LogP contribution in [0.15, 0.2) is 0 Å². The van der Waals surface area contributed by atoms with E-state index in [1.165, 1.54) is 12.8 Å². The first-order chi connectivity index (χ1) is 4.77. The molecule has 1 saturated carbocycles. The fraction of sp³-hybridized carbons (Fsp3) is 0.714. The van der Waals surface area contributed by atoms with Gasteiger partial charge in [0.05, 0.1) is 6.04 Å². The van der Waals surface area contributed by atoms with Crippen molar-refractivity contribution in [2.75, 3.05) is 0 Å². The van der Waals surface area contributed by atoms with Crippen LogP contribution in [-0.4, -0.2) is 14.8 Å². The lowest BCUT2D eigenvalue weighted by Crippen LogP contribution is -1.98. The molecule has 3 heteroatoms. The second-order valence-corrected chi connectivity index (χ2v) is 2.88. The van der Waals surface area contributed by atoms with Gasteiger partial charge in [0.2, 0.25) is 0 Å². The molecule has 0 radical (unpaired) electrons. The van der Waals surface area contributed by atoms with Crippen molar-refractivity contribution in [3.63, 3.8) is 0 Å². The molecule has 0 saturated heterocycles. The van der Waals surface area contributed by atoms with E-state index in [1.54, 1.807) is 0 Å². The topological polar surface area (TPSA) is 30.7 Å². The summed E-state index contributed by atoms with van der Waals surface area (Å²) < 4.78 is 2.04. The summed E-state index contributed by atoms with van der Waals surface area (Å²) in [5.74, 6) is 1.95. The quantitative estimate of drug-likeness (QED) is 0.582. The summed E-state index contributed by atoms with van der Waals surface area (Å²) in [6.07, 6.45) is 2.56. The largest absolute Gasteiger partial charge is 0.247 e. The molecule has 1 aromatic heterocycles. The van der Waals surface area contributed by atoms with Crippen molar-refractivity contribution in [1.29, 1.82) is 0 Å². The zero-order chi connectivity index (χ0) is 7.14. The lowest BCUT2D eigenvalue weighted by Gasteiger charge is -1.95. The van der Waals surface area contributed by atoms with Crippen LogP contribution >= 0.6 is 0 Å². The van der Waals surface area contributed by atoms with Crippen LogP contribution in [0.1, 0.15) is 30.5 Å². The highest BCUT2D eigenvalue weighted by molar-refractivity contribution is 4.94. The summed E-state index contributed by atoms with van der Waals surface area (Å²) in [5, 5.41) is 4.28. The molecular formula is C7H11N3. The first-order valence-electron chi connectivity index (χ1n) is 3.67. The Morgan fingerprint density at radius 1 is 1.40 bits per heavy atom. The fourth-order valence-electron chi connectivity index (χ4n) is 1.20. The minimum Gasteiger partial charge on any atom is -0.247 e. The molecule has 2 rings (SSSR count). The average molecular weight is 137 g/mol. The van der Waals surface area contributed by atoms with Crippen LogP contribution in [0.5, 0.6) is 0 Å². The Bertz CT molecular complexity index is 247. The molecule has 1 fully saturated rings. The second kappa shape index (κ2) is 1.81. The van der Waals surface area contributed by atoms with Crippen LogP contribution in [0.2, 0.25) is 0 Å². The molecule has 0 N–H and O–H groups in total. The van der Waals surface area contributed by atoms with Crippen molar-refractivity contribution in [3.8, 4) is 0 Å². The summed E-state index contributed by atoms with van der Waals surface area (Å²) in [4.78, 5) is 4.22. The molecule has 1 aliphatic carbocycles. The number of nitrogens with zero attached hydrogens (tertiary/aromatic N) is 3. The Morgan fingerprint density at radius 2 is 2.10 bits per heavy atom. The van der Waals surface area contributed by atoms with Crippen LogP contribution < -0.4 is 0 Å². The SMILES string of the molecule is Cc1nc(C)n(C2CC2)n1. The molecule has 1 aromatic rings. The van der Waals surface area contributed by atoms with Gasteiger partial charge in [-0.3, -0.25) is 0 Å². The minimum absolute atomic E-state index is 0.668. The molecule has 1 aliphatic rings. The summed E-state index contributed by atoms with van der Waals surface area (Å²) >= 11 is 0. The highest BCUT2D eigenvalue weighted by Gasteiger charge is 2.26. The predicted octanol–water partition coefficient (Wildman–Crippen LogP) is 1.23. The molecule has 0 spiro atoms. The van der Waals surface area contributed by atoms with Gasteiger partial charge in [-0.1, -0.05) is 0 Å². The lowest BCUT2D eigenvalue weighted by atomic mass is 10.6. The third kappa shape index (κ3) is 0.818. The van der Waals surface area contributed by atoms with Crippen LogP contribution in [0, 0.1) is 13.8 Å². The van der Waals surface area contributed by atoms with Crippen molar-refractivity contribution in [2.24, 2.45) is 0 Å². The number of rotatable bonds is 1. The summed E-state index contributed by atoms with van der Waals surface area (Å²) in [5.41, 5.74) is 0. The maximum absolute atomic E-state index is 4.28. The van der Waals surface area contributed by atoms with Gasteiger partial charge in [-0.2, -0.15) is 5.10 Å². The number of hydrogen-bond donors (Lipinski definition) is 0. The smallest absolute Gasteiger partial charge is 0.147 e. The van der Waals surface area contributed by atoms with Gasteiger partial charge in [-0.25, -0.2) is 9.67 Å². The van der Waals surface area contributed by atoms with Crippen molar-refractivity contribution in [1.82, 2.24) is 14.8 Å². The Hall–Kier alpha value is -0.860. The fourth-order valence-corrected chi connectivity index (χ4v) is 1.20. The summed E-state index contributed by atoms with van der Waals surface area (Å²) in [6.45, 7) is 3.95. The minimum atomic E-state index is 0.668. The van der Waals surface area contributed by atoms with E-state index in [9.17, 15) is 0 Å². The van der Waals surface area contributed by atoms with E-state index in [-0.39, 0.29) is 0 Å². The van der Waals surface area contributed by atoms with Gasteiger partial charge >= 0.3 is 0 Å².